The number of pyridine rings is 1. The lowest BCUT2D eigenvalue weighted by Gasteiger charge is -2.27. The molecule has 1 aromatic heterocycles. The lowest BCUT2D eigenvalue weighted by atomic mass is 9.85. The molecule has 5 nitrogen and oxygen atoms in total. The van der Waals surface area contributed by atoms with Crippen molar-refractivity contribution in [3.63, 3.8) is 0 Å². The Morgan fingerprint density at radius 3 is 2.62 bits per heavy atom. The zero-order valence-electron chi connectivity index (χ0n) is 20.2. The van der Waals surface area contributed by atoms with E-state index in [1.165, 1.54) is 17.2 Å². The van der Waals surface area contributed by atoms with Gasteiger partial charge in [0.25, 0.3) is 0 Å². The molecule has 34 heavy (non-hydrogen) atoms. The third kappa shape index (κ3) is 7.81. The van der Waals surface area contributed by atoms with Crippen molar-refractivity contribution in [1.82, 2.24) is 20.5 Å². The first-order chi connectivity index (χ1) is 16.1. The van der Waals surface area contributed by atoms with Gasteiger partial charge in [-0.05, 0) is 42.4 Å². The summed E-state index contributed by atoms with van der Waals surface area (Å²) in [6, 6.07) is 10.1. The molecule has 1 unspecified atom stereocenters. The van der Waals surface area contributed by atoms with Gasteiger partial charge in [0.05, 0.1) is 5.56 Å². The monoisotopic (exact) mass is 476 g/mol. The van der Waals surface area contributed by atoms with Crippen molar-refractivity contribution in [2.75, 3.05) is 26.2 Å². The summed E-state index contributed by atoms with van der Waals surface area (Å²) in [5, 5.41) is 6.23. The second kappa shape index (κ2) is 11.3. The van der Waals surface area contributed by atoms with E-state index in [9.17, 15) is 18.0 Å². The molecule has 1 aliphatic heterocycles. The predicted molar refractivity (Wildman–Crippen MR) is 127 cm³/mol. The summed E-state index contributed by atoms with van der Waals surface area (Å²) in [5.74, 6) is 0. The van der Waals surface area contributed by atoms with Crippen LogP contribution in [0.25, 0.3) is 0 Å². The molecule has 0 bridgehead atoms. The van der Waals surface area contributed by atoms with Crippen LogP contribution in [0.1, 0.15) is 48.2 Å². The van der Waals surface area contributed by atoms with E-state index >= 15 is 0 Å². The Kier molecular flexibility index (Phi) is 8.71. The summed E-state index contributed by atoms with van der Waals surface area (Å²) >= 11 is 0. The van der Waals surface area contributed by atoms with Gasteiger partial charge in [0.15, 0.2) is 0 Å². The Hall–Kier alpha value is -2.45. The van der Waals surface area contributed by atoms with Crippen molar-refractivity contribution in [1.29, 1.82) is 0 Å². The minimum absolute atomic E-state index is 0.0897. The average molecular weight is 477 g/mol. The van der Waals surface area contributed by atoms with E-state index < -0.39 is 11.7 Å². The van der Waals surface area contributed by atoms with Crippen LogP contribution in [0.3, 0.4) is 0 Å². The minimum Gasteiger partial charge on any atom is -0.358 e. The molecule has 1 aliphatic rings. The summed E-state index contributed by atoms with van der Waals surface area (Å²) in [7, 11) is 0. The van der Waals surface area contributed by atoms with Gasteiger partial charge in [-0.25, -0.2) is 0 Å². The molecular formula is C26H35F3N4O. The van der Waals surface area contributed by atoms with Crippen molar-refractivity contribution >= 4 is 6.41 Å². The molecule has 1 amide bonds. The fraction of sp³-hybridized carbons (Fsp3) is 0.538. The first-order valence-electron chi connectivity index (χ1n) is 11.8. The number of halogens is 3. The maximum absolute atomic E-state index is 13.2. The lowest BCUT2D eigenvalue weighted by Crippen LogP contribution is -2.39. The van der Waals surface area contributed by atoms with Gasteiger partial charge in [0.2, 0.25) is 6.41 Å². The van der Waals surface area contributed by atoms with Gasteiger partial charge >= 0.3 is 6.18 Å². The minimum atomic E-state index is -4.43. The molecule has 2 N–H and O–H groups in total. The number of rotatable bonds is 11. The van der Waals surface area contributed by atoms with Crippen LogP contribution in [-0.2, 0) is 30.4 Å². The SMILES string of the molecule is Cc1ccc(CC(C)(C)CNC2CCN(Cc3cc(C(F)(F)F)cnc3CCNC=O)C2)cc1. The summed E-state index contributed by atoms with van der Waals surface area (Å²) in [6.07, 6.45) is -0.640. The van der Waals surface area contributed by atoms with Crippen LogP contribution in [-0.4, -0.2) is 48.5 Å². The van der Waals surface area contributed by atoms with Crippen LogP contribution >= 0.6 is 0 Å². The van der Waals surface area contributed by atoms with E-state index in [0.29, 0.717) is 43.2 Å². The molecule has 3 rings (SSSR count). The third-order valence-electron chi connectivity index (χ3n) is 6.32. The molecule has 1 saturated heterocycles. The van der Waals surface area contributed by atoms with Crippen molar-refractivity contribution in [2.45, 2.75) is 58.8 Å². The quantitative estimate of drug-likeness (QED) is 0.378. The van der Waals surface area contributed by atoms with Crippen LogP contribution in [0.4, 0.5) is 13.2 Å². The largest absolute Gasteiger partial charge is 0.417 e. The van der Waals surface area contributed by atoms with Gasteiger partial charge in [0.1, 0.15) is 0 Å². The van der Waals surface area contributed by atoms with E-state index in [-0.39, 0.29) is 5.41 Å². The highest BCUT2D eigenvalue weighted by molar-refractivity contribution is 5.45. The van der Waals surface area contributed by atoms with Gasteiger partial charge < -0.3 is 10.6 Å². The van der Waals surface area contributed by atoms with Crippen LogP contribution in [0.15, 0.2) is 36.5 Å². The molecule has 1 aromatic carbocycles. The number of nitrogens with one attached hydrogen (secondary N) is 2. The Labute approximate surface area is 200 Å². The molecule has 1 fully saturated rings. The van der Waals surface area contributed by atoms with Crippen LogP contribution in [0, 0.1) is 12.3 Å². The maximum Gasteiger partial charge on any atom is 0.417 e. The number of amides is 1. The topological polar surface area (TPSA) is 57.3 Å². The number of aromatic nitrogens is 1. The number of nitrogens with zero attached hydrogens (tertiary/aromatic N) is 2. The third-order valence-corrected chi connectivity index (χ3v) is 6.32. The molecule has 0 radical (unpaired) electrons. The Balaban J connectivity index is 1.57. The number of hydrogen-bond donors (Lipinski definition) is 2. The molecule has 186 valence electrons. The number of hydrogen-bond acceptors (Lipinski definition) is 4. The zero-order valence-corrected chi connectivity index (χ0v) is 20.2. The van der Waals surface area contributed by atoms with Crippen LogP contribution in [0.5, 0.6) is 0 Å². The summed E-state index contributed by atoms with van der Waals surface area (Å²) in [6.45, 7) is 9.81. The number of carbonyl (C=O) groups is 1. The molecule has 0 spiro atoms. The fourth-order valence-electron chi connectivity index (χ4n) is 4.43. The second-order valence-electron chi connectivity index (χ2n) is 10.1. The highest BCUT2D eigenvalue weighted by Gasteiger charge is 2.32. The van der Waals surface area contributed by atoms with Crippen LogP contribution < -0.4 is 10.6 Å². The average Bonchev–Trinajstić information content (AvgIpc) is 3.22. The van der Waals surface area contributed by atoms with Crippen molar-refractivity contribution in [3.8, 4) is 0 Å². The Morgan fingerprint density at radius 2 is 1.94 bits per heavy atom. The zero-order chi connectivity index (χ0) is 24.8. The number of alkyl halides is 3. The molecule has 2 aromatic rings. The smallest absolute Gasteiger partial charge is 0.358 e. The van der Waals surface area contributed by atoms with Gasteiger partial charge in [-0.1, -0.05) is 43.7 Å². The predicted octanol–water partition coefficient (Wildman–Crippen LogP) is 4.13. The first-order valence-corrected chi connectivity index (χ1v) is 11.8. The van der Waals surface area contributed by atoms with Gasteiger partial charge in [-0.2, -0.15) is 13.2 Å². The number of benzene rings is 1. The van der Waals surface area contributed by atoms with Gasteiger partial charge in [-0.15, -0.1) is 0 Å². The highest BCUT2D eigenvalue weighted by atomic mass is 19.4. The van der Waals surface area contributed by atoms with E-state index in [4.69, 9.17) is 0 Å². The lowest BCUT2D eigenvalue weighted by molar-refractivity contribution is -0.137. The summed E-state index contributed by atoms with van der Waals surface area (Å²) < 4.78 is 39.7. The molecule has 0 saturated carbocycles. The van der Waals surface area contributed by atoms with E-state index in [2.05, 4.69) is 65.6 Å². The Bertz CT molecular complexity index is 944. The highest BCUT2D eigenvalue weighted by Crippen LogP contribution is 2.30. The van der Waals surface area contributed by atoms with Crippen molar-refractivity contribution in [3.05, 3.63) is 64.5 Å². The van der Waals surface area contributed by atoms with Crippen molar-refractivity contribution in [2.24, 2.45) is 5.41 Å². The van der Waals surface area contributed by atoms with Crippen molar-refractivity contribution < 1.29 is 18.0 Å². The van der Waals surface area contributed by atoms with E-state index in [1.807, 2.05) is 0 Å². The number of aryl methyl sites for hydroxylation is 1. The summed E-state index contributed by atoms with van der Waals surface area (Å²) in [4.78, 5) is 16.8. The van der Waals surface area contributed by atoms with Crippen LogP contribution in [0.2, 0.25) is 0 Å². The number of likely N-dealkylation sites (tertiary alicyclic amines) is 1. The summed E-state index contributed by atoms with van der Waals surface area (Å²) in [5.41, 5.74) is 3.10. The first kappa shape index (κ1) is 26.2. The molecule has 0 aliphatic carbocycles. The Morgan fingerprint density at radius 1 is 1.21 bits per heavy atom. The van der Waals surface area contributed by atoms with E-state index in [1.54, 1.807) is 0 Å². The standard InChI is InChI=1S/C26H35F3N4O/c1-19-4-6-20(7-5-19)13-25(2,3)17-32-23-9-11-33(16-23)15-21-12-22(26(27,28)29)14-31-24(21)8-10-30-18-34/h4-7,12,14,18,23,32H,8-11,13,15-17H2,1-3H3,(H,30,34). The molecule has 1 atom stereocenters. The fourth-order valence-corrected chi connectivity index (χ4v) is 4.43. The molecular weight excluding hydrogens is 441 g/mol. The van der Waals surface area contributed by atoms with Gasteiger partial charge in [0, 0.05) is 57.1 Å². The molecule has 8 heteroatoms. The van der Waals surface area contributed by atoms with Gasteiger partial charge in [-0.3, -0.25) is 14.7 Å². The number of carbonyl (C=O) groups excluding carboxylic acids is 1. The maximum atomic E-state index is 13.2. The van der Waals surface area contributed by atoms with E-state index in [0.717, 1.165) is 38.7 Å². The molecule has 2 heterocycles. The second-order valence-corrected chi connectivity index (χ2v) is 10.1. The normalized spacial score (nSPS) is 17.2.